The molecule has 15 heavy (non-hydrogen) atoms. The van der Waals surface area contributed by atoms with Gasteiger partial charge in [-0.05, 0) is 24.5 Å². The zero-order valence-electron chi connectivity index (χ0n) is 8.00. The topological polar surface area (TPSA) is 52.3 Å². The Bertz CT molecular complexity index is 404. The molecule has 0 aliphatic carbocycles. The van der Waals surface area contributed by atoms with Crippen molar-refractivity contribution in [2.75, 3.05) is 6.26 Å². The summed E-state index contributed by atoms with van der Waals surface area (Å²) in [5.41, 5.74) is 6.28. The predicted molar refractivity (Wildman–Crippen MR) is 67.7 cm³/mol. The molecule has 0 saturated carbocycles. The molecule has 0 saturated heterocycles. The van der Waals surface area contributed by atoms with Crippen molar-refractivity contribution in [2.45, 2.75) is 0 Å². The molecule has 3 nitrogen and oxygen atoms in total. The number of nitrogens with one attached hydrogen (secondary N) is 1. The summed E-state index contributed by atoms with van der Waals surface area (Å²) in [5, 5.41) is 8.18. The van der Waals surface area contributed by atoms with Gasteiger partial charge in [0.15, 0.2) is 0 Å². The molecule has 0 aliphatic rings. The number of hydrogen-bond donors (Lipinski definition) is 2. The fourth-order valence-electron chi connectivity index (χ4n) is 0.830. The van der Waals surface area contributed by atoms with Crippen molar-refractivity contribution in [3.05, 3.63) is 33.8 Å². The summed E-state index contributed by atoms with van der Waals surface area (Å²) in [6, 6.07) is 5.21. The summed E-state index contributed by atoms with van der Waals surface area (Å²) in [5.74, 6) is 0. The largest absolute Gasteiger partial charge is 0.373 e. The standard InChI is InChI=1S/C9H9Cl2N3S/c1-15-9(12)14-13-5-6-2-3-7(10)4-8(6)11/h2-5H,1H3,(H2,12,14)/p+1. The van der Waals surface area contributed by atoms with Crippen LogP contribution in [0.25, 0.3) is 0 Å². The lowest BCUT2D eigenvalue weighted by molar-refractivity contribution is -0.456. The lowest BCUT2D eigenvalue weighted by Crippen LogP contribution is -2.62. The van der Waals surface area contributed by atoms with Gasteiger partial charge in [-0.1, -0.05) is 35.0 Å². The Morgan fingerprint density at radius 2 is 2.27 bits per heavy atom. The molecule has 0 aliphatic heterocycles. The average Bonchev–Trinajstić information content (AvgIpc) is 2.21. The van der Waals surface area contributed by atoms with Gasteiger partial charge >= 0.3 is 0 Å². The lowest BCUT2D eigenvalue weighted by Gasteiger charge is -1.94. The first-order chi connectivity index (χ1) is 7.13. The first-order valence-corrected chi connectivity index (χ1v) is 6.02. The van der Waals surface area contributed by atoms with Crippen molar-refractivity contribution in [1.82, 2.24) is 0 Å². The van der Waals surface area contributed by atoms with E-state index < -0.39 is 0 Å². The second-order valence-corrected chi connectivity index (χ2v) is 4.26. The maximum Gasteiger partial charge on any atom is 0.225 e. The summed E-state index contributed by atoms with van der Waals surface area (Å²) >= 11 is 13.1. The number of halogens is 2. The molecule has 0 fully saturated rings. The predicted octanol–water partition coefficient (Wildman–Crippen LogP) is 1.09. The number of benzene rings is 1. The van der Waals surface area contributed by atoms with Crippen LogP contribution in [0.3, 0.4) is 0 Å². The van der Waals surface area contributed by atoms with Gasteiger partial charge in [0.2, 0.25) is 11.4 Å². The van der Waals surface area contributed by atoms with Gasteiger partial charge in [-0.3, -0.25) is 0 Å². The Hall–Kier alpha value is -0.710. The summed E-state index contributed by atoms with van der Waals surface area (Å²) in [7, 11) is 0. The van der Waals surface area contributed by atoms with Gasteiger partial charge in [-0.2, -0.15) is 0 Å². The van der Waals surface area contributed by atoms with Crippen LogP contribution in [-0.4, -0.2) is 17.6 Å². The smallest absolute Gasteiger partial charge is 0.225 e. The number of hydrazone groups is 1. The minimum Gasteiger partial charge on any atom is -0.373 e. The van der Waals surface area contributed by atoms with Crippen LogP contribution in [0.1, 0.15) is 5.56 Å². The van der Waals surface area contributed by atoms with Crippen molar-refractivity contribution in [3.8, 4) is 0 Å². The fraction of sp³-hybridized carbons (Fsp3) is 0.111. The van der Waals surface area contributed by atoms with E-state index in [4.69, 9.17) is 28.9 Å². The van der Waals surface area contributed by atoms with Crippen molar-refractivity contribution in [3.63, 3.8) is 0 Å². The van der Waals surface area contributed by atoms with Crippen LogP contribution in [-0.2, 0) is 0 Å². The molecule has 1 rings (SSSR count). The van der Waals surface area contributed by atoms with Crippen LogP contribution in [0.5, 0.6) is 0 Å². The van der Waals surface area contributed by atoms with Gasteiger partial charge in [0, 0.05) is 10.1 Å². The SMILES string of the molecule is CSC(N)=N[NH+]=Cc1ccc(Cl)cc1Cl. The van der Waals surface area contributed by atoms with E-state index in [0.717, 1.165) is 5.56 Å². The maximum absolute atomic E-state index is 5.94. The van der Waals surface area contributed by atoms with Crippen molar-refractivity contribution < 1.29 is 5.10 Å². The molecule has 80 valence electrons. The van der Waals surface area contributed by atoms with Crippen LogP contribution < -0.4 is 10.8 Å². The highest BCUT2D eigenvalue weighted by Crippen LogP contribution is 2.18. The van der Waals surface area contributed by atoms with Crippen LogP contribution in [0, 0.1) is 0 Å². The molecule has 0 amide bonds. The van der Waals surface area contributed by atoms with Crippen LogP contribution in [0.15, 0.2) is 23.3 Å². The van der Waals surface area contributed by atoms with Gasteiger partial charge in [0.05, 0.1) is 10.6 Å². The van der Waals surface area contributed by atoms with Gasteiger partial charge in [0.1, 0.15) is 0 Å². The molecule has 0 aromatic heterocycles. The highest BCUT2D eigenvalue weighted by molar-refractivity contribution is 8.13. The Morgan fingerprint density at radius 1 is 1.53 bits per heavy atom. The monoisotopic (exact) mass is 262 g/mol. The molecule has 6 heteroatoms. The first kappa shape index (κ1) is 12.4. The number of amidine groups is 1. The quantitative estimate of drug-likeness (QED) is 0.476. The Labute approximate surface area is 102 Å². The molecular weight excluding hydrogens is 253 g/mol. The Kier molecular flexibility index (Phi) is 4.94. The molecule has 0 radical (unpaired) electrons. The highest BCUT2D eigenvalue weighted by atomic mass is 35.5. The van der Waals surface area contributed by atoms with E-state index in [1.54, 1.807) is 24.4 Å². The van der Waals surface area contributed by atoms with Crippen LogP contribution >= 0.6 is 35.0 Å². The second kappa shape index (κ2) is 6.00. The number of rotatable bonds is 2. The zero-order chi connectivity index (χ0) is 11.3. The maximum atomic E-state index is 5.94. The van der Waals surface area contributed by atoms with E-state index in [2.05, 4.69) is 10.2 Å². The van der Waals surface area contributed by atoms with Gasteiger partial charge in [0.25, 0.3) is 0 Å². The van der Waals surface area contributed by atoms with Gasteiger partial charge < -0.3 is 5.73 Å². The molecule has 1 aromatic carbocycles. The van der Waals surface area contributed by atoms with Crippen LogP contribution in [0.4, 0.5) is 0 Å². The second-order valence-electron chi connectivity index (χ2n) is 2.59. The molecule has 0 unspecified atom stereocenters. The summed E-state index contributed by atoms with van der Waals surface area (Å²) in [6.07, 6.45) is 3.50. The number of nitrogens with two attached hydrogens (primary N) is 1. The van der Waals surface area contributed by atoms with E-state index in [-0.39, 0.29) is 0 Å². The third-order valence-corrected chi connectivity index (χ3v) is 2.64. The minimum atomic E-state index is 0.455. The third-order valence-electron chi connectivity index (χ3n) is 1.57. The summed E-state index contributed by atoms with van der Waals surface area (Å²) in [4.78, 5) is 0. The Balaban J connectivity index is 2.81. The molecular formula is C9H10Cl2N3S+. The van der Waals surface area contributed by atoms with E-state index in [0.29, 0.717) is 15.2 Å². The molecule has 0 atom stereocenters. The molecule has 1 aromatic rings. The summed E-state index contributed by atoms with van der Waals surface area (Å²) in [6.45, 7) is 0. The van der Waals surface area contributed by atoms with E-state index >= 15 is 0 Å². The van der Waals surface area contributed by atoms with E-state index in [9.17, 15) is 0 Å². The number of hydrogen-bond acceptors (Lipinski definition) is 2. The van der Waals surface area contributed by atoms with E-state index in [1.807, 2.05) is 6.26 Å². The molecule has 0 bridgehead atoms. The summed E-state index contributed by atoms with van der Waals surface area (Å²) < 4.78 is 0. The number of nitrogens with zero attached hydrogens (tertiary/aromatic N) is 1. The average molecular weight is 263 g/mol. The highest BCUT2D eigenvalue weighted by Gasteiger charge is 2.00. The van der Waals surface area contributed by atoms with E-state index in [1.165, 1.54) is 11.8 Å². The van der Waals surface area contributed by atoms with Crippen molar-refractivity contribution in [2.24, 2.45) is 10.8 Å². The van der Waals surface area contributed by atoms with Gasteiger partial charge in [-0.25, -0.2) is 0 Å². The third kappa shape index (κ3) is 4.11. The van der Waals surface area contributed by atoms with Crippen molar-refractivity contribution >= 4 is 46.3 Å². The fourth-order valence-corrected chi connectivity index (χ4v) is 1.44. The van der Waals surface area contributed by atoms with Gasteiger partial charge in [-0.15, -0.1) is 5.10 Å². The van der Waals surface area contributed by atoms with Crippen LogP contribution in [0.2, 0.25) is 10.0 Å². The molecule has 0 spiro atoms. The minimum absolute atomic E-state index is 0.455. The first-order valence-electron chi connectivity index (χ1n) is 4.04. The number of thioether (sulfide) groups is 1. The lowest BCUT2D eigenvalue weighted by atomic mass is 10.2. The zero-order valence-corrected chi connectivity index (χ0v) is 10.3. The normalized spacial score (nSPS) is 12.3. The Morgan fingerprint density at radius 3 is 2.87 bits per heavy atom. The molecule has 3 N–H and O–H groups in total. The molecule has 0 heterocycles. The van der Waals surface area contributed by atoms with Crippen molar-refractivity contribution in [1.29, 1.82) is 0 Å².